The summed E-state index contributed by atoms with van der Waals surface area (Å²) in [6, 6.07) is 10.1. The van der Waals surface area contributed by atoms with E-state index in [4.69, 9.17) is 9.15 Å². The predicted octanol–water partition coefficient (Wildman–Crippen LogP) is 2.66. The van der Waals surface area contributed by atoms with Gasteiger partial charge in [0, 0.05) is 18.2 Å². The molecule has 1 aromatic carbocycles. The van der Waals surface area contributed by atoms with Gasteiger partial charge < -0.3 is 24.7 Å². The number of hydrogen-bond donors (Lipinski definition) is 2. The highest BCUT2D eigenvalue weighted by Crippen LogP contribution is 2.13. The van der Waals surface area contributed by atoms with Crippen molar-refractivity contribution in [3.05, 3.63) is 59.7 Å². The number of methoxy groups -OCH3 is 1. The number of carbonyl (C=O) groups excluding carboxylic acids is 2. The van der Waals surface area contributed by atoms with Crippen LogP contribution in [0.25, 0.3) is 6.08 Å². The number of benzene rings is 1. The normalized spacial score (nSPS) is 14.6. The molecule has 0 spiro atoms. The van der Waals surface area contributed by atoms with Gasteiger partial charge in [0.25, 0.3) is 11.8 Å². The van der Waals surface area contributed by atoms with Crippen LogP contribution >= 0.6 is 0 Å². The molecule has 2 N–H and O–H groups in total. The van der Waals surface area contributed by atoms with Crippen molar-refractivity contribution in [2.75, 3.05) is 33.3 Å². The summed E-state index contributed by atoms with van der Waals surface area (Å²) in [5.41, 5.74) is 0.569. The van der Waals surface area contributed by atoms with Gasteiger partial charge in [-0.2, -0.15) is 0 Å². The molecular weight excluding hydrogens is 370 g/mol. The van der Waals surface area contributed by atoms with Crippen LogP contribution in [0.1, 0.15) is 35.4 Å². The molecule has 0 unspecified atom stereocenters. The van der Waals surface area contributed by atoms with Crippen molar-refractivity contribution in [2.24, 2.45) is 0 Å². The summed E-state index contributed by atoms with van der Waals surface area (Å²) in [7, 11) is 1.56. The van der Waals surface area contributed by atoms with Crippen LogP contribution in [0, 0.1) is 0 Å². The molecule has 3 rings (SSSR count). The number of furan rings is 1. The van der Waals surface area contributed by atoms with Crippen LogP contribution in [-0.2, 0) is 4.79 Å². The average molecular weight is 397 g/mol. The molecule has 0 radical (unpaired) electrons. The predicted molar refractivity (Wildman–Crippen MR) is 110 cm³/mol. The lowest BCUT2D eigenvalue weighted by atomic mass is 10.2. The number of nitrogens with zero attached hydrogens (tertiary/aromatic N) is 1. The van der Waals surface area contributed by atoms with Crippen LogP contribution in [0.3, 0.4) is 0 Å². The van der Waals surface area contributed by atoms with Crippen molar-refractivity contribution in [1.29, 1.82) is 0 Å². The van der Waals surface area contributed by atoms with Crippen LogP contribution in [0.4, 0.5) is 0 Å². The number of rotatable bonds is 9. The maximum Gasteiger partial charge on any atom is 0.267 e. The van der Waals surface area contributed by atoms with E-state index in [0.717, 1.165) is 26.1 Å². The Labute approximate surface area is 170 Å². The third-order valence-corrected chi connectivity index (χ3v) is 4.81. The molecule has 2 heterocycles. The Morgan fingerprint density at radius 1 is 1.17 bits per heavy atom. The Hall–Kier alpha value is -3.06. The summed E-state index contributed by atoms with van der Waals surface area (Å²) in [6.45, 7) is 3.78. The zero-order valence-electron chi connectivity index (χ0n) is 16.6. The van der Waals surface area contributed by atoms with E-state index < -0.39 is 0 Å². The monoisotopic (exact) mass is 397 g/mol. The molecule has 1 saturated heterocycles. The van der Waals surface area contributed by atoms with E-state index in [1.807, 2.05) is 0 Å². The second-order valence-corrected chi connectivity index (χ2v) is 6.91. The Morgan fingerprint density at radius 2 is 1.93 bits per heavy atom. The van der Waals surface area contributed by atoms with Gasteiger partial charge in [-0.3, -0.25) is 9.59 Å². The van der Waals surface area contributed by atoms with Crippen molar-refractivity contribution < 1.29 is 18.7 Å². The summed E-state index contributed by atoms with van der Waals surface area (Å²) in [4.78, 5) is 27.6. The molecule has 7 heteroatoms. The molecule has 0 aliphatic carbocycles. The average Bonchev–Trinajstić information content (AvgIpc) is 3.45. The van der Waals surface area contributed by atoms with E-state index in [9.17, 15) is 9.59 Å². The SMILES string of the molecule is COc1ccc(C(=O)N/C(=C\c2ccco2)C(=O)NCCCN2CCCC2)cc1. The van der Waals surface area contributed by atoms with Crippen LogP contribution in [0.2, 0.25) is 0 Å². The van der Waals surface area contributed by atoms with Gasteiger partial charge >= 0.3 is 0 Å². The lowest BCUT2D eigenvalue weighted by Gasteiger charge is -2.15. The van der Waals surface area contributed by atoms with Gasteiger partial charge in [-0.15, -0.1) is 0 Å². The smallest absolute Gasteiger partial charge is 0.267 e. The third-order valence-electron chi connectivity index (χ3n) is 4.81. The minimum atomic E-state index is -0.377. The molecule has 1 fully saturated rings. The fraction of sp³-hybridized carbons (Fsp3) is 0.364. The summed E-state index contributed by atoms with van der Waals surface area (Å²) >= 11 is 0. The van der Waals surface area contributed by atoms with Crippen LogP contribution in [0.5, 0.6) is 5.75 Å². The molecule has 1 aliphatic heterocycles. The first-order valence-corrected chi connectivity index (χ1v) is 9.87. The van der Waals surface area contributed by atoms with Crippen molar-refractivity contribution in [3.8, 4) is 5.75 Å². The number of carbonyl (C=O) groups is 2. The van der Waals surface area contributed by atoms with E-state index in [0.29, 0.717) is 23.6 Å². The molecule has 1 aromatic heterocycles. The number of hydrogen-bond acceptors (Lipinski definition) is 5. The molecule has 0 atom stereocenters. The number of ether oxygens (including phenoxy) is 1. The lowest BCUT2D eigenvalue weighted by Crippen LogP contribution is -2.36. The fourth-order valence-electron chi connectivity index (χ4n) is 3.22. The number of likely N-dealkylation sites (tertiary alicyclic amines) is 1. The van der Waals surface area contributed by atoms with Crippen LogP contribution in [-0.4, -0.2) is 50.0 Å². The zero-order chi connectivity index (χ0) is 20.5. The lowest BCUT2D eigenvalue weighted by molar-refractivity contribution is -0.117. The maximum absolute atomic E-state index is 12.7. The zero-order valence-corrected chi connectivity index (χ0v) is 16.6. The first-order valence-electron chi connectivity index (χ1n) is 9.87. The molecule has 2 aromatic rings. The topological polar surface area (TPSA) is 83.8 Å². The summed E-state index contributed by atoms with van der Waals surface area (Å²) in [5, 5.41) is 5.57. The highest BCUT2D eigenvalue weighted by Gasteiger charge is 2.16. The van der Waals surface area contributed by atoms with E-state index in [1.54, 1.807) is 43.5 Å². The van der Waals surface area contributed by atoms with Crippen molar-refractivity contribution >= 4 is 17.9 Å². The largest absolute Gasteiger partial charge is 0.497 e. The van der Waals surface area contributed by atoms with Gasteiger partial charge in [0.1, 0.15) is 17.2 Å². The van der Waals surface area contributed by atoms with E-state index in [2.05, 4.69) is 15.5 Å². The van der Waals surface area contributed by atoms with Gasteiger partial charge in [-0.1, -0.05) is 0 Å². The first-order chi connectivity index (χ1) is 14.2. The Bertz CT molecular complexity index is 822. The number of nitrogens with one attached hydrogen (secondary N) is 2. The molecule has 7 nitrogen and oxygen atoms in total. The van der Waals surface area contributed by atoms with E-state index in [-0.39, 0.29) is 17.5 Å². The molecular formula is C22H27N3O4. The van der Waals surface area contributed by atoms with Gasteiger partial charge in [0.2, 0.25) is 0 Å². The molecule has 154 valence electrons. The van der Waals surface area contributed by atoms with Gasteiger partial charge in [0.05, 0.1) is 13.4 Å². The minimum absolute atomic E-state index is 0.141. The van der Waals surface area contributed by atoms with Crippen molar-refractivity contribution in [1.82, 2.24) is 15.5 Å². The first kappa shape index (κ1) is 20.7. The maximum atomic E-state index is 12.7. The van der Waals surface area contributed by atoms with Gasteiger partial charge in [-0.25, -0.2) is 0 Å². The third kappa shape index (κ3) is 6.22. The summed E-state index contributed by atoms with van der Waals surface area (Å²) in [6.07, 6.45) is 6.41. The standard InChI is InChI=1S/C22H27N3O4/c1-28-18-9-7-17(8-10-18)21(26)24-20(16-19-6-4-15-29-19)22(27)23-11-5-14-25-12-2-3-13-25/h4,6-10,15-16H,2-3,5,11-14H2,1H3,(H,23,27)(H,24,26)/b20-16-. The molecule has 0 saturated carbocycles. The second-order valence-electron chi connectivity index (χ2n) is 6.91. The van der Waals surface area contributed by atoms with Crippen molar-refractivity contribution in [3.63, 3.8) is 0 Å². The molecule has 2 amide bonds. The van der Waals surface area contributed by atoms with Crippen LogP contribution < -0.4 is 15.4 Å². The molecule has 1 aliphatic rings. The van der Waals surface area contributed by atoms with Crippen molar-refractivity contribution in [2.45, 2.75) is 19.3 Å². The Morgan fingerprint density at radius 3 is 2.59 bits per heavy atom. The summed E-state index contributed by atoms with van der Waals surface area (Å²) in [5.74, 6) is 0.424. The van der Waals surface area contributed by atoms with E-state index in [1.165, 1.54) is 25.2 Å². The minimum Gasteiger partial charge on any atom is -0.497 e. The Kier molecular flexibility index (Phi) is 7.47. The van der Waals surface area contributed by atoms with Crippen LogP contribution in [0.15, 0.2) is 52.8 Å². The van der Waals surface area contributed by atoms with E-state index >= 15 is 0 Å². The molecule has 0 bridgehead atoms. The summed E-state index contributed by atoms with van der Waals surface area (Å²) < 4.78 is 10.4. The van der Waals surface area contributed by atoms with Gasteiger partial charge in [0.15, 0.2) is 0 Å². The quantitative estimate of drug-likeness (QED) is 0.502. The second kappa shape index (κ2) is 10.5. The fourth-order valence-corrected chi connectivity index (χ4v) is 3.22. The highest BCUT2D eigenvalue weighted by atomic mass is 16.5. The number of amides is 2. The Balaban J connectivity index is 1.60. The van der Waals surface area contributed by atoms with Gasteiger partial charge in [-0.05, 0) is 75.3 Å². The molecule has 29 heavy (non-hydrogen) atoms. The highest BCUT2D eigenvalue weighted by molar-refractivity contribution is 6.05.